The Morgan fingerprint density at radius 3 is 2.75 bits per heavy atom. The van der Waals surface area contributed by atoms with Gasteiger partial charge >= 0.3 is 0 Å². The maximum Gasteiger partial charge on any atom is 0.176 e. The molecule has 0 saturated heterocycles. The number of rotatable bonds is 2. The summed E-state index contributed by atoms with van der Waals surface area (Å²) >= 11 is 0. The molecule has 0 N–H and O–H groups in total. The van der Waals surface area contributed by atoms with Crippen molar-refractivity contribution in [2.75, 3.05) is 0 Å². The van der Waals surface area contributed by atoms with E-state index in [1.807, 2.05) is 43.5 Å². The number of imidazole rings is 1. The fraction of sp³-hybridized carbons (Fsp3) is 0.143. The lowest BCUT2D eigenvalue weighted by molar-refractivity contribution is 0.714. The fourth-order valence-corrected chi connectivity index (χ4v) is 2.27. The van der Waals surface area contributed by atoms with Crippen LogP contribution in [-0.4, -0.2) is 19.3 Å². The van der Waals surface area contributed by atoms with E-state index in [4.69, 9.17) is 10.5 Å². The van der Waals surface area contributed by atoms with Crippen molar-refractivity contribution in [1.82, 2.24) is 19.3 Å². The second-order valence-electron chi connectivity index (χ2n) is 4.38. The topological polar surface area (TPSA) is 83.2 Å². The van der Waals surface area contributed by atoms with Crippen molar-refractivity contribution in [3.63, 3.8) is 0 Å². The molecule has 0 aliphatic rings. The Kier molecular flexibility index (Phi) is 2.70. The van der Waals surface area contributed by atoms with E-state index in [-0.39, 0.29) is 11.4 Å². The normalized spacial score (nSPS) is 10.3. The zero-order valence-corrected chi connectivity index (χ0v) is 10.8. The van der Waals surface area contributed by atoms with Crippen LogP contribution in [0.5, 0.6) is 0 Å². The van der Waals surface area contributed by atoms with Crippen LogP contribution in [-0.2, 0) is 13.6 Å². The second kappa shape index (κ2) is 4.52. The van der Waals surface area contributed by atoms with E-state index in [1.54, 1.807) is 9.25 Å². The minimum absolute atomic E-state index is 0.146. The molecular weight excluding hydrogens is 252 g/mol. The van der Waals surface area contributed by atoms with Crippen molar-refractivity contribution >= 4 is 10.9 Å². The molecule has 6 nitrogen and oxygen atoms in total. The molecule has 2 aromatic heterocycles. The maximum atomic E-state index is 9.13. The summed E-state index contributed by atoms with van der Waals surface area (Å²) < 4.78 is 3.45. The monoisotopic (exact) mass is 262 g/mol. The van der Waals surface area contributed by atoms with Gasteiger partial charge in [-0.2, -0.15) is 15.6 Å². The van der Waals surface area contributed by atoms with Gasteiger partial charge in [0.1, 0.15) is 12.1 Å². The maximum absolute atomic E-state index is 9.13. The lowest BCUT2D eigenvalue weighted by Gasteiger charge is -2.00. The molecule has 0 fully saturated rings. The quantitative estimate of drug-likeness (QED) is 0.701. The van der Waals surface area contributed by atoms with Crippen molar-refractivity contribution in [3.8, 4) is 12.1 Å². The molecule has 0 bridgehead atoms. The summed E-state index contributed by atoms with van der Waals surface area (Å²) in [6.45, 7) is 0.416. The summed E-state index contributed by atoms with van der Waals surface area (Å²) in [5.41, 5.74) is 2.29. The molecule has 0 amide bonds. The van der Waals surface area contributed by atoms with Gasteiger partial charge in [-0.25, -0.2) is 4.98 Å². The minimum atomic E-state index is 0.146. The smallest absolute Gasteiger partial charge is 0.176 e. The van der Waals surface area contributed by atoms with E-state index in [0.29, 0.717) is 6.54 Å². The molecule has 3 rings (SSSR count). The molecule has 96 valence electrons. The van der Waals surface area contributed by atoms with Gasteiger partial charge in [0.2, 0.25) is 0 Å². The second-order valence-corrected chi connectivity index (χ2v) is 4.38. The zero-order valence-electron chi connectivity index (χ0n) is 10.8. The number of fused-ring (bicyclic) bond motifs is 1. The van der Waals surface area contributed by atoms with Gasteiger partial charge in [0.05, 0.1) is 24.1 Å². The number of hydrogen-bond donors (Lipinski definition) is 0. The molecule has 20 heavy (non-hydrogen) atoms. The number of para-hydroxylation sites is 1. The third-order valence-electron chi connectivity index (χ3n) is 3.20. The Labute approximate surface area is 115 Å². The minimum Gasteiger partial charge on any atom is -0.315 e. The summed E-state index contributed by atoms with van der Waals surface area (Å²) in [5, 5.41) is 23.5. The molecule has 0 unspecified atom stereocenters. The number of aromatic nitrogens is 4. The summed E-state index contributed by atoms with van der Waals surface area (Å²) in [4.78, 5) is 3.93. The Balaban J connectivity index is 2.09. The van der Waals surface area contributed by atoms with E-state index in [0.717, 1.165) is 16.6 Å². The highest BCUT2D eigenvalue weighted by molar-refractivity contribution is 5.81. The molecular formula is C14H10N6. The average molecular weight is 262 g/mol. The Morgan fingerprint density at radius 1 is 1.20 bits per heavy atom. The van der Waals surface area contributed by atoms with Crippen LogP contribution >= 0.6 is 0 Å². The summed E-state index contributed by atoms with van der Waals surface area (Å²) in [7, 11) is 1.88. The third-order valence-corrected chi connectivity index (χ3v) is 3.20. The lowest BCUT2D eigenvalue weighted by atomic mass is 10.2. The van der Waals surface area contributed by atoms with Gasteiger partial charge in [0.15, 0.2) is 11.4 Å². The van der Waals surface area contributed by atoms with Crippen LogP contribution in [0.25, 0.3) is 10.9 Å². The molecule has 3 aromatic rings. The Morgan fingerprint density at radius 2 is 2.00 bits per heavy atom. The summed E-state index contributed by atoms with van der Waals surface area (Å²) in [6, 6.07) is 11.8. The van der Waals surface area contributed by atoms with Crippen molar-refractivity contribution in [3.05, 3.63) is 47.7 Å². The Hall–Kier alpha value is -3.12. The highest BCUT2D eigenvalue weighted by Crippen LogP contribution is 2.19. The van der Waals surface area contributed by atoms with Crippen LogP contribution in [0.15, 0.2) is 30.6 Å². The predicted octanol–water partition coefficient (Wildman–Crippen LogP) is 1.56. The predicted molar refractivity (Wildman–Crippen MR) is 71.5 cm³/mol. The van der Waals surface area contributed by atoms with Gasteiger partial charge in [-0.3, -0.25) is 4.68 Å². The molecule has 6 heteroatoms. The molecule has 1 aromatic carbocycles. The van der Waals surface area contributed by atoms with Gasteiger partial charge in [-0.05, 0) is 6.07 Å². The van der Waals surface area contributed by atoms with E-state index < -0.39 is 0 Å². The van der Waals surface area contributed by atoms with Crippen LogP contribution in [0.3, 0.4) is 0 Å². The van der Waals surface area contributed by atoms with Crippen molar-refractivity contribution < 1.29 is 0 Å². The van der Waals surface area contributed by atoms with Crippen LogP contribution in [0.4, 0.5) is 0 Å². The van der Waals surface area contributed by atoms with Gasteiger partial charge in [-0.15, -0.1) is 0 Å². The standard InChI is InChI=1S/C14H10N6/c1-19-13-5-3-2-4-10(13)12(18-19)8-20-9-17-11(6-15)14(20)7-16/h2-5,9H,8H2,1H3. The zero-order chi connectivity index (χ0) is 14.1. The van der Waals surface area contributed by atoms with Gasteiger partial charge in [-0.1, -0.05) is 18.2 Å². The molecule has 0 radical (unpaired) electrons. The van der Waals surface area contributed by atoms with Gasteiger partial charge < -0.3 is 4.57 Å². The highest BCUT2D eigenvalue weighted by atomic mass is 15.3. The van der Waals surface area contributed by atoms with E-state index in [2.05, 4.69) is 10.1 Å². The Bertz CT molecular complexity index is 871. The first-order valence-electron chi connectivity index (χ1n) is 6.00. The molecule has 0 atom stereocenters. The van der Waals surface area contributed by atoms with Crippen molar-refractivity contribution in [1.29, 1.82) is 10.5 Å². The van der Waals surface area contributed by atoms with E-state index >= 15 is 0 Å². The number of nitriles is 2. The number of hydrogen-bond acceptors (Lipinski definition) is 4. The van der Waals surface area contributed by atoms with Gasteiger partial charge in [0, 0.05) is 12.4 Å². The number of benzene rings is 1. The van der Waals surface area contributed by atoms with Crippen LogP contribution in [0.1, 0.15) is 17.1 Å². The van der Waals surface area contributed by atoms with Crippen LogP contribution in [0, 0.1) is 22.7 Å². The summed E-state index contributed by atoms with van der Waals surface area (Å²) in [5.74, 6) is 0. The number of nitrogens with zero attached hydrogens (tertiary/aromatic N) is 6. The molecule has 0 spiro atoms. The molecule has 2 heterocycles. The summed E-state index contributed by atoms with van der Waals surface area (Å²) in [6.07, 6.45) is 1.50. The van der Waals surface area contributed by atoms with E-state index in [1.165, 1.54) is 6.33 Å². The molecule has 0 aliphatic heterocycles. The average Bonchev–Trinajstić information content (AvgIpc) is 3.01. The van der Waals surface area contributed by atoms with Crippen LogP contribution < -0.4 is 0 Å². The lowest BCUT2D eigenvalue weighted by Crippen LogP contribution is -2.03. The van der Waals surface area contributed by atoms with Crippen molar-refractivity contribution in [2.24, 2.45) is 7.05 Å². The fourth-order valence-electron chi connectivity index (χ4n) is 2.27. The first-order chi connectivity index (χ1) is 9.74. The number of aryl methyl sites for hydroxylation is 1. The molecule has 0 aliphatic carbocycles. The SMILES string of the molecule is Cn1nc(Cn2cnc(C#N)c2C#N)c2ccccc21. The molecule has 0 saturated carbocycles. The van der Waals surface area contributed by atoms with E-state index in [9.17, 15) is 0 Å². The largest absolute Gasteiger partial charge is 0.315 e. The van der Waals surface area contributed by atoms with Gasteiger partial charge in [0.25, 0.3) is 0 Å². The van der Waals surface area contributed by atoms with Crippen LogP contribution in [0.2, 0.25) is 0 Å². The highest BCUT2D eigenvalue weighted by Gasteiger charge is 2.13. The first kappa shape index (κ1) is 11.9. The first-order valence-corrected chi connectivity index (χ1v) is 6.00. The van der Waals surface area contributed by atoms with Crippen molar-refractivity contribution in [2.45, 2.75) is 6.54 Å². The third kappa shape index (κ3) is 1.72.